The molecule has 4 N–H and O–H groups in total. The van der Waals surface area contributed by atoms with Gasteiger partial charge >= 0.3 is 0 Å². The number of anilines is 2. The summed E-state index contributed by atoms with van der Waals surface area (Å²) in [6, 6.07) is 1.67. The number of hydrogen-bond donors (Lipinski definition) is 2. The van der Waals surface area contributed by atoms with Crippen molar-refractivity contribution in [2.75, 3.05) is 24.2 Å². The number of aromatic nitrogens is 1. The van der Waals surface area contributed by atoms with Gasteiger partial charge in [-0.1, -0.05) is 12.8 Å². The zero-order valence-electron chi connectivity index (χ0n) is 10.7. The van der Waals surface area contributed by atoms with Gasteiger partial charge in [0.05, 0.1) is 17.4 Å². The topological polar surface area (TPSA) is 85.2 Å². The molecule has 5 nitrogen and oxygen atoms in total. The van der Waals surface area contributed by atoms with Crippen LogP contribution in [0.3, 0.4) is 0 Å². The van der Waals surface area contributed by atoms with E-state index in [0.29, 0.717) is 11.3 Å². The van der Waals surface area contributed by atoms with Crippen LogP contribution in [0.15, 0.2) is 12.3 Å². The molecule has 1 saturated carbocycles. The van der Waals surface area contributed by atoms with Gasteiger partial charge in [-0.3, -0.25) is 4.79 Å². The van der Waals surface area contributed by atoms with E-state index in [-0.39, 0.29) is 0 Å². The Morgan fingerprint density at radius 3 is 2.78 bits per heavy atom. The summed E-state index contributed by atoms with van der Waals surface area (Å²) in [6.07, 6.45) is 6.70. The van der Waals surface area contributed by atoms with Crippen LogP contribution in [0.4, 0.5) is 11.5 Å². The van der Waals surface area contributed by atoms with Crippen LogP contribution in [-0.2, 0) is 0 Å². The van der Waals surface area contributed by atoms with E-state index in [4.69, 9.17) is 11.5 Å². The van der Waals surface area contributed by atoms with Crippen molar-refractivity contribution in [3.63, 3.8) is 0 Å². The fraction of sp³-hybridized carbons (Fsp3) is 0.538. The second kappa shape index (κ2) is 5.25. The maximum Gasteiger partial charge on any atom is 0.250 e. The second-order valence-electron chi connectivity index (χ2n) is 5.03. The van der Waals surface area contributed by atoms with Crippen molar-refractivity contribution in [2.24, 2.45) is 11.7 Å². The van der Waals surface area contributed by atoms with Crippen LogP contribution < -0.4 is 16.4 Å². The molecule has 1 aromatic rings. The molecule has 5 heteroatoms. The molecule has 1 heterocycles. The lowest BCUT2D eigenvalue weighted by molar-refractivity contribution is 0.100. The van der Waals surface area contributed by atoms with Crippen molar-refractivity contribution in [1.29, 1.82) is 0 Å². The van der Waals surface area contributed by atoms with E-state index in [2.05, 4.69) is 9.88 Å². The average Bonchev–Trinajstić information content (AvgIpc) is 2.81. The van der Waals surface area contributed by atoms with Gasteiger partial charge in [0.25, 0.3) is 5.91 Å². The van der Waals surface area contributed by atoms with E-state index in [1.54, 1.807) is 6.07 Å². The smallest absolute Gasteiger partial charge is 0.250 e. The normalized spacial score (nSPS) is 15.8. The summed E-state index contributed by atoms with van der Waals surface area (Å²) < 4.78 is 0. The van der Waals surface area contributed by atoms with Gasteiger partial charge in [0.1, 0.15) is 5.82 Å². The number of nitrogens with two attached hydrogens (primary N) is 2. The highest BCUT2D eigenvalue weighted by Crippen LogP contribution is 2.26. The van der Waals surface area contributed by atoms with E-state index in [0.717, 1.165) is 18.3 Å². The van der Waals surface area contributed by atoms with Gasteiger partial charge in [0, 0.05) is 13.6 Å². The SMILES string of the molecule is CN(CC1CCCC1)c1cc(C(N)=O)c(N)cn1. The molecule has 0 radical (unpaired) electrons. The van der Waals surface area contributed by atoms with Gasteiger partial charge in [-0.2, -0.15) is 0 Å². The predicted molar refractivity (Wildman–Crippen MR) is 72.4 cm³/mol. The summed E-state index contributed by atoms with van der Waals surface area (Å²) in [6.45, 7) is 0.967. The Morgan fingerprint density at radius 1 is 1.50 bits per heavy atom. The standard InChI is InChI=1S/C13H20N4O/c1-17(8-9-4-2-3-5-9)12-6-10(13(15)18)11(14)7-16-12/h6-7,9H,2-5,8,14H2,1H3,(H2,15,18). The van der Waals surface area contributed by atoms with E-state index in [1.165, 1.54) is 31.9 Å². The Bertz CT molecular complexity index is 441. The van der Waals surface area contributed by atoms with Gasteiger partial charge in [-0.25, -0.2) is 4.98 Å². The van der Waals surface area contributed by atoms with E-state index in [9.17, 15) is 4.79 Å². The Balaban J connectivity index is 2.11. The van der Waals surface area contributed by atoms with E-state index >= 15 is 0 Å². The second-order valence-corrected chi connectivity index (χ2v) is 5.03. The van der Waals surface area contributed by atoms with Crippen molar-refractivity contribution in [3.8, 4) is 0 Å². The first-order valence-corrected chi connectivity index (χ1v) is 6.34. The molecule has 0 saturated heterocycles. The van der Waals surface area contributed by atoms with Gasteiger partial charge in [0.15, 0.2) is 0 Å². The van der Waals surface area contributed by atoms with Gasteiger partial charge in [0.2, 0.25) is 0 Å². The number of nitrogens with zero attached hydrogens (tertiary/aromatic N) is 2. The molecular formula is C13H20N4O. The van der Waals surface area contributed by atoms with Gasteiger partial charge < -0.3 is 16.4 Å². The lowest BCUT2D eigenvalue weighted by atomic mass is 10.1. The molecule has 0 atom stereocenters. The van der Waals surface area contributed by atoms with Crippen LogP contribution in [0.1, 0.15) is 36.0 Å². The van der Waals surface area contributed by atoms with Crippen LogP contribution in [0, 0.1) is 5.92 Å². The number of carbonyl (C=O) groups is 1. The Kier molecular flexibility index (Phi) is 3.69. The highest BCUT2D eigenvalue weighted by Gasteiger charge is 2.18. The van der Waals surface area contributed by atoms with Crippen molar-refractivity contribution in [2.45, 2.75) is 25.7 Å². The number of pyridine rings is 1. The number of primary amides is 1. The third kappa shape index (κ3) is 2.72. The number of amides is 1. The van der Waals surface area contributed by atoms with Crippen LogP contribution in [0.5, 0.6) is 0 Å². The summed E-state index contributed by atoms with van der Waals surface area (Å²) in [7, 11) is 1.99. The molecule has 1 aromatic heterocycles. The summed E-state index contributed by atoms with van der Waals surface area (Å²) in [5, 5.41) is 0. The average molecular weight is 248 g/mol. The molecule has 0 aromatic carbocycles. The number of hydrogen-bond acceptors (Lipinski definition) is 4. The van der Waals surface area contributed by atoms with Crippen LogP contribution in [0.25, 0.3) is 0 Å². The van der Waals surface area contributed by atoms with Crippen molar-refractivity contribution < 1.29 is 4.79 Å². The van der Waals surface area contributed by atoms with Crippen LogP contribution in [0.2, 0.25) is 0 Å². The zero-order valence-corrected chi connectivity index (χ0v) is 10.7. The van der Waals surface area contributed by atoms with Crippen LogP contribution in [-0.4, -0.2) is 24.5 Å². The molecule has 0 unspecified atom stereocenters. The molecule has 0 spiro atoms. The summed E-state index contributed by atoms with van der Waals surface area (Å²) in [5.41, 5.74) is 11.6. The molecule has 1 aliphatic rings. The summed E-state index contributed by atoms with van der Waals surface area (Å²) in [5.74, 6) is 0.974. The molecular weight excluding hydrogens is 228 g/mol. The molecule has 1 aliphatic carbocycles. The maximum atomic E-state index is 11.2. The van der Waals surface area contributed by atoms with E-state index in [1.807, 2.05) is 7.05 Å². The first kappa shape index (κ1) is 12.7. The monoisotopic (exact) mass is 248 g/mol. The minimum absolute atomic E-state index is 0.334. The summed E-state index contributed by atoms with van der Waals surface area (Å²) in [4.78, 5) is 17.6. The highest BCUT2D eigenvalue weighted by atomic mass is 16.1. The third-order valence-electron chi connectivity index (χ3n) is 3.58. The lowest BCUT2D eigenvalue weighted by Gasteiger charge is -2.22. The molecule has 1 fully saturated rings. The Hall–Kier alpha value is -1.78. The highest BCUT2D eigenvalue weighted by molar-refractivity contribution is 5.98. The fourth-order valence-electron chi connectivity index (χ4n) is 2.55. The van der Waals surface area contributed by atoms with Crippen molar-refractivity contribution in [1.82, 2.24) is 4.98 Å². The first-order chi connectivity index (χ1) is 8.58. The number of nitrogen functional groups attached to an aromatic ring is 1. The molecule has 1 amide bonds. The third-order valence-corrected chi connectivity index (χ3v) is 3.58. The Labute approximate surface area is 107 Å². The summed E-state index contributed by atoms with van der Waals surface area (Å²) >= 11 is 0. The van der Waals surface area contributed by atoms with Gasteiger partial charge in [-0.05, 0) is 24.8 Å². The minimum atomic E-state index is -0.509. The lowest BCUT2D eigenvalue weighted by Crippen LogP contribution is -2.25. The van der Waals surface area contributed by atoms with Crippen LogP contribution >= 0.6 is 0 Å². The van der Waals surface area contributed by atoms with Crippen molar-refractivity contribution in [3.05, 3.63) is 17.8 Å². The Morgan fingerprint density at radius 2 is 2.17 bits per heavy atom. The molecule has 98 valence electrons. The fourth-order valence-corrected chi connectivity index (χ4v) is 2.55. The quantitative estimate of drug-likeness (QED) is 0.843. The number of carbonyl (C=O) groups excluding carboxylic acids is 1. The maximum absolute atomic E-state index is 11.2. The predicted octanol–water partition coefficient (Wildman–Crippen LogP) is 1.39. The van der Waals surface area contributed by atoms with Gasteiger partial charge in [-0.15, -0.1) is 0 Å². The number of rotatable bonds is 4. The molecule has 0 bridgehead atoms. The molecule has 0 aliphatic heterocycles. The first-order valence-electron chi connectivity index (χ1n) is 6.34. The largest absolute Gasteiger partial charge is 0.397 e. The molecule has 2 rings (SSSR count). The van der Waals surface area contributed by atoms with E-state index < -0.39 is 5.91 Å². The van der Waals surface area contributed by atoms with Crippen molar-refractivity contribution >= 4 is 17.4 Å². The zero-order chi connectivity index (χ0) is 13.1. The molecule has 18 heavy (non-hydrogen) atoms. The minimum Gasteiger partial charge on any atom is -0.397 e.